The summed E-state index contributed by atoms with van der Waals surface area (Å²) in [5.74, 6) is 1.07. The second kappa shape index (κ2) is 8.21. The molecule has 1 amide bonds. The first-order valence-corrected chi connectivity index (χ1v) is 9.28. The Labute approximate surface area is 173 Å². The molecule has 0 fully saturated rings. The van der Waals surface area contributed by atoms with E-state index in [0.717, 1.165) is 5.56 Å². The Hall–Kier alpha value is -3.93. The third-order valence-electron chi connectivity index (χ3n) is 4.74. The number of methoxy groups -OCH3 is 2. The molecule has 0 saturated carbocycles. The van der Waals surface area contributed by atoms with Gasteiger partial charge in [0.1, 0.15) is 28.8 Å². The molecule has 0 N–H and O–H groups in total. The lowest BCUT2D eigenvalue weighted by atomic mass is 10.1. The summed E-state index contributed by atoms with van der Waals surface area (Å²) in [6.45, 7) is 0. The summed E-state index contributed by atoms with van der Waals surface area (Å²) >= 11 is 0. The second-order valence-corrected chi connectivity index (χ2v) is 6.55. The van der Waals surface area contributed by atoms with E-state index in [1.807, 2.05) is 12.1 Å². The van der Waals surface area contributed by atoms with Crippen LogP contribution in [0.5, 0.6) is 11.5 Å². The molecule has 4 rings (SSSR count). The molecule has 0 saturated heterocycles. The van der Waals surface area contributed by atoms with E-state index in [0.29, 0.717) is 28.6 Å². The van der Waals surface area contributed by atoms with E-state index in [1.165, 1.54) is 17.0 Å². The average molecular weight is 402 g/mol. The van der Waals surface area contributed by atoms with E-state index in [9.17, 15) is 9.18 Å². The van der Waals surface area contributed by atoms with Crippen LogP contribution in [-0.4, -0.2) is 26.0 Å². The van der Waals surface area contributed by atoms with Crippen molar-refractivity contribution < 1.29 is 18.7 Å². The molecule has 1 heterocycles. The molecular formula is C24H19FN2O3. The number of carbonyl (C=O) groups excluding carboxylic acids is 1. The highest BCUT2D eigenvalue weighted by Crippen LogP contribution is 2.30. The van der Waals surface area contributed by atoms with Crippen LogP contribution in [0.3, 0.4) is 0 Å². The first-order chi connectivity index (χ1) is 14.6. The lowest BCUT2D eigenvalue weighted by Crippen LogP contribution is -2.32. The highest BCUT2D eigenvalue weighted by molar-refractivity contribution is 6.33. The number of ether oxygens (including phenoxy) is 2. The van der Waals surface area contributed by atoms with Crippen molar-refractivity contribution in [1.82, 2.24) is 0 Å². The first-order valence-electron chi connectivity index (χ1n) is 9.28. The van der Waals surface area contributed by atoms with E-state index in [1.54, 1.807) is 68.8 Å². The number of rotatable bonds is 5. The molecule has 6 heteroatoms. The molecule has 0 atom stereocenters. The molecular weight excluding hydrogens is 383 g/mol. The van der Waals surface area contributed by atoms with Crippen molar-refractivity contribution in [2.24, 2.45) is 4.99 Å². The van der Waals surface area contributed by atoms with Gasteiger partial charge in [0.25, 0.3) is 5.91 Å². The Balaban J connectivity index is 1.81. The van der Waals surface area contributed by atoms with Crippen molar-refractivity contribution in [2.75, 3.05) is 19.1 Å². The summed E-state index contributed by atoms with van der Waals surface area (Å²) in [6.07, 6.45) is 1.46. The molecule has 3 aromatic rings. The van der Waals surface area contributed by atoms with Gasteiger partial charge in [-0.3, -0.25) is 9.69 Å². The Bertz CT molecular complexity index is 1140. The molecule has 0 bridgehead atoms. The zero-order valence-corrected chi connectivity index (χ0v) is 16.5. The van der Waals surface area contributed by atoms with Gasteiger partial charge in [0.15, 0.2) is 0 Å². The van der Waals surface area contributed by atoms with Gasteiger partial charge in [-0.15, -0.1) is 0 Å². The molecule has 0 radical (unpaired) electrons. The van der Waals surface area contributed by atoms with Crippen molar-refractivity contribution in [3.63, 3.8) is 0 Å². The minimum Gasteiger partial charge on any atom is -0.497 e. The van der Waals surface area contributed by atoms with Gasteiger partial charge in [-0.25, -0.2) is 9.38 Å². The van der Waals surface area contributed by atoms with Crippen molar-refractivity contribution in [3.8, 4) is 11.5 Å². The normalized spacial score (nSPS) is 14.8. The lowest BCUT2D eigenvalue weighted by molar-refractivity contribution is -0.113. The number of hydrogen-bond donors (Lipinski definition) is 0. The van der Waals surface area contributed by atoms with Gasteiger partial charge in [-0.05, 0) is 60.7 Å². The largest absolute Gasteiger partial charge is 0.497 e. The number of amides is 1. The number of benzene rings is 3. The second-order valence-electron chi connectivity index (χ2n) is 6.55. The topological polar surface area (TPSA) is 51.1 Å². The SMILES string of the molecule is COc1ccc(C2=NC(=Cc3ccccc3F)C(=O)N2c2ccc(OC)cc2)cc1. The number of aliphatic imine (C=N–C) groups is 1. The molecule has 150 valence electrons. The van der Waals surface area contributed by atoms with Crippen molar-refractivity contribution in [3.05, 3.63) is 95.4 Å². The van der Waals surface area contributed by atoms with Gasteiger partial charge in [0.2, 0.25) is 0 Å². The van der Waals surface area contributed by atoms with Crippen LogP contribution in [0.4, 0.5) is 10.1 Å². The highest BCUT2D eigenvalue weighted by atomic mass is 19.1. The average Bonchev–Trinajstić information content (AvgIpc) is 3.11. The summed E-state index contributed by atoms with van der Waals surface area (Å²) in [6, 6.07) is 20.6. The Kier molecular flexibility index (Phi) is 5.30. The highest BCUT2D eigenvalue weighted by Gasteiger charge is 2.32. The zero-order chi connectivity index (χ0) is 21.1. The van der Waals surface area contributed by atoms with Gasteiger partial charge in [0, 0.05) is 11.1 Å². The maximum Gasteiger partial charge on any atom is 0.282 e. The molecule has 1 aliphatic heterocycles. The monoisotopic (exact) mass is 402 g/mol. The Morgan fingerprint density at radius 3 is 2.07 bits per heavy atom. The molecule has 0 unspecified atom stereocenters. The third kappa shape index (κ3) is 3.67. The molecule has 0 spiro atoms. The van der Waals surface area contributed by atoms with Crippen LogP contribution in [0.25, 0.3) is 6.08 Å². The molecule has 30 heavy (non-hydrogen) atoms. The van der Waals surface area contributed by atoms with Crippen LogP contribution >= 0.6 is 0 Å². The summed E-state index contributed by atoms with van der Waals surface area (Å²) in [5, 5.41) is 0. The molecule has 0 aromatic heterocycles. The van der Waals surface area contributed by atoms with Gasteiger partial charge in [-0.2, -0.15) is 0 Å². The predicted octanol–water partition coefficient (Wildman–Crippen LogP) is 4.68. The van der Waals surface area contributed by atoms with E-state index < -0.39 is 5.82 Å². The van der Waals surface area contributed by atoms with Crippen LogP contribution in [0.1, 0.15) is 11.1 Å². The van der Waals surface area contributed by atoms with Crippen LogP contribution in [-0.2, 0) is 4.79 Å². The van der Waals surface area contributed by atoms with Crippen LogP contribution in [0.2, 0.25) is 0 Å². The van der Waals surface area contributed by atoms with Gasteiger partial charge >= 0.3 is 0 Å². The fourth-order valence-electron chi connectivity index (χ4n) is 3.16. The van der Waals surface area contributed by atoms with Crippen molar-refractivity contribution in [2.45, 2.75) is 0 Å². The molecule has 1 aliphatic rings. The van der Waals surface area contributed by atoms with Gasteiger partial charge in [-0.1, -0.05) is 18.2 Å². The van der Waals surface area contributed by atoms with Crippen LogP contribution < -0.4 is 14.4 Å². The zero-order valence-electron chi connectivity index (χ0n) is 16.5. The van der Waals surface area contributed by atoms with E-state index in [-0.39, 0.29) is 11.6 Å². The summed E-state index contributed by atoms with van der Waals surface area (Å²) in [4.78, 5) is 19.3. The Morgan fingerprint density at radius 1 is 0.867 bits per heavy atom. The smallest absolute Gasteiger partial charge is 0.282 e. The fraction of sp³-hybridized carbons (Fsp3) is 0.0833. The van der Waals surface area contributed by atoms with Crippen LogP contribution in [0.15, 0.2) is 83.5 Å². The van der Waals surface area contributed by atoms with E-state index in [4.69, 9.17) is 9.47 Å². The minimum absolute atomic E-state index is 0.154. The predicted molar refractivity (Wildman–Crippen MR) is 114 cm³/mol. The number of amidine groups is 1. The lowest BCUT2D eigenvalue weighted by Gasteiger charge is -2.19. The third-order valence-corrected chi connectivity index (χ3v) is 4.74. The molecule has 3 aromatic carbocycles. The molecule has 0 aliphatic carbocycles. The number of carbonyl (C=O) groups is 1. The number of anilines is 1. The standard InChI is InChI=1S/C24H19FN2O3/c1-29-19-11-7-16(8-12-19)23-26-22(15-17-5-3-4-6-21(17)25)24(28)27(23)18-9-13-20(30-2)14-10-18/h3-15H,1-2H3. The maximum atomic E-state index is 14.1. The van der Waals surface area contributed by atoms with Crippen molar-refractivity contribution >= 4 is 23.5 Å². The number of nitrogens with zero attached hydrogens (tertiary/aromatic N) is 2. The molecule has 5 nitrogen and oxygen atoms in total. The maximum absolute atomic E-state index is 14.1. The quantitative estimate of drug-likeness (QED) is 0.583. The number of hydrogen-bond acceptors (Lipinski definition) is 4. The summed E-state index contributed by atoms with van der Waals surface area (Å²) in [5.41, 5.74) is 1.82. The summed E-state index contributed by atoms with van der Waals surface area (Å²) in [7, 11) is 3.17. The van der Waals surface area contributed by atoms with E-state index >= 15 is 0 Å². The Morgan fingerprint density at radius 2 is 1.47 bits per heavy atom. The number of halogens is 1. The summed E-state index contributed by atoms with van der Waals surface area (Å²) < 4.78 is 24.6. The van der Waals surface area contributed by atoms with E-state index in [2.05, 4.69) is 4.99 Å². The van der Waals surface area contributed by atoms with Gasteiger partial charge < -0.3 is 9.47 Å². The van der Waals surface area contributed by atoms with Crippen molar-refractivity contribution in [1.29, 1.82) is 0 Å². The fourth-order valence-corrected chi connectivity index (χ4v) is 3.16. The van der Waals surface area contributed by atoms with Gasteiger partial charge in [0.05, 0.1) is 19.9 Å². The first kappa shape index (κ1) is 19.4. The van der Waals surface area contributed by atoms with Crippen LogP contribution in [0, 0.1) is 5.82 Å². The minimum atomic E-state index is -0.415.